The van der Waals surface area contributed by atoms with Crippen LogP contribution in [0.2, 0.25) is 0 Å². The number of aromatic amines is 1. The largest absolute Gasteiger partial charge is 0.507 e. The third-order valence-corrected chi connectivity index (χ3v) is 3.30. The highest BCUT2D eigenvalue weighted by Gasteiger charge is 2.07. The smallest absolute Gasteiger partial charge is 0.138 e. The number of imidazole rings is 1. The molecular formula is C13H8BrFN2O. The van der Waals surface area contributed by atoms with Crippen LogP contribution in [0.3, 0.4) is 0 Å². The molecule has 0 fully saturated rings. The van der Waals surface area contributed by atoms with Gasteiger partial charge in [-0.3, -0.25) is 0 Å². The van der Waals surface area contributed by atoms with Crippen LogP contribution in [0, 0.1) is 5.82 Å². The van der Waals surface area contributed by atoms with Crippen molar-refractivity contribution in [2.45, 2.75) is 0 Å². The molecule has 2 N–H and O–H groups in total. The second-order valence-corrected chi connectivity index (χ2v) is 4.77. The Morgan fingerprint density at radius 3 is 2.78 bits per heavy atom. The zero-order chi connectivity index (χ0) is 12.7. The van der Waals surface area contributed by atoms with Gasteiger partial charge in [-0.1, -0.05) is 0 Å². The third kappa shape index (κ3) is 1.86. The molecule has 0 aliphatic rings. The molecule has 1 aromatic heterocycles. The Kier molecular flexibility index (Phi) is 2.56. The van der Waals surface area contributed by atoms with Gasteiger partial charge in [0.15, 0.2) is 0 Å². The Morgan fingerprint density at radius 1 is 1.17 bits per heavy atom. The van der Waals surface area contributed by atoms with Gasteiger partial charge in [0.1, 0.15) is 17.4 Å². The molecule has 0 spiro atoms. The van der Waals surface area contributed by atoms with Crippen LogP contribution in [0.1, 0.15) is 0 Å². The van der Waals surface area contributed by atoms with Gasteiger partial charge < -0.3 is 10.1 Å². The van der Waals surface area contributed by atoms with Gasteiger partial charge in [0.2, 0.25) is 0 Å². The fourth-order valence-corrected chi connectivity index (χ4v) is 2.15. The monoisotopic (exact) mass is 306 g/mol. The minimum absolute atomic E-state index is 0.168. The highest BCUT2D eigenvalue weighted by molar-refractivity contribution is 9.10. The van der Waals surface area contributed by atoms with E-state index in [9.17, 15) is 9.50 Å². The summed E-state index contributed by atoms with van der Waals surface area (Å²) in [5.41, 5.74) is 2.17. The summed E-state index contributed by atoms with van der Waals surface area (Å²) in [7, 11) is 0. The van der Waals surface area contributed by atoms with Gasteiger partial charge in [-0.05, 0) is 52.3 Å². The molecule has 0 aliphatic carbocycles. The summed E-state index contributed by atoms with van der Waals surface area (Å²) in [4.78, 5) is 7.42. The summed E-state index contributed by atoms with van der Waals surface area (Å²) in [5, 5.41) is 9.44. The molecule has 5 heteroatoms. The van der Waals surface area contributed by atoms with Crippen molar-refractivity contribution in [3.05, 3.63) is 46.7 Å². The average Bonchev–Trinajstić information content (AvgIpc) is 2.75. The number of hydrogen-bond acceptors (Lipinski definition) is 2. The van der Waals surface area contributed by atoms with Crippen molar-refractivity contribution in [1.82, 2.24) is 9.97 Å². The Labute approximate surface area is 110 Å². The lowest BCUT2D eigenvalue weighted by atomic mass is 10.2. The lowest BCUT2D eigenvalue weighted by Crippen LogP contribution is -1.80. The van der Waals surface area contributed by atoms with Crippen LogP contribution in [-0.4, -0.2) is 15.1 Å². The first-order valence-corrected chi connectivity index (χ1v) is 6.07. The molecule has 0 amide bonds. The van der Waals surface area contributed by atoms with Crippen LogP contribution in [0.25, 0.3) is 22.4 Å². The maximum absolute atomic E-state index is 13.1. The number of phenolic OH excluding ortho intramolecular Hbond substituents is 1. The van der Waals surface area contributed by atoms with Crippen LogP contribution in [0.15, 0.2) is 40.9 Å². The number of aromatic nitrogens is 2. The van der Waals surface area contributed by atoms with Crippen molar-refractivity contribution in [3.63, 3.8) is 0 Å². The molecule has 0 atom stereocenters. The molecule has 2 aromatic carbocycles. The van der Waals surface area contributed by atoms with Crippen molar-refractivity contribution >= 4 is 27.0 Å². The third-order valence-electron chi connectivity index (χ3n) is 2.67. The minimum atomic E-state index is -0.301. The molecule has 0 unspecified atom stereocenters. The summed E-state index contributed by atoms with van der Waals surface area (Å²) >= 11 is 3.25. The van der Waals surface area contributed by atoms with Crippen molar-refractivity contribution in [3.8, 4) is 17.1 Å². The minimum Gasteiger partial charge on any atom is -0.507 e. The van der Waals surface area contributed by atoms with E-state index in [1.807, 2.05) is 0 Å². The number of hydrogen-bond donors (Lipinski definition) is 2. The summed E-state index contributed by atoms with van der Waals surface area (Å²) in [6.45, 7) is 0. The second kappa shape index (κ2) is 4.10. The van der Waals surface area contributed by atoms with E-state index in [-0.39, 0.29) is 11.6 Å². The molecule has 0 aliphatic heterocycles. The molecule has 3 aromatic rings. The van der Waals surface area contributed by atoms with E-state index >= 15 is 0 Å². The van der Waals surface area contributed by atoms with Crippen LogP contribution in [-0.2, 0) is 0 Å². The van der Waals surface area contributed by atoms with E-state index in [0.717, 1.165) is 5.56 Å². The normalized spacial score (nSPS) is 11.0. The van der Waals surface area contributed by atoms with Crippen molar-refractivity contribution in [2.24, 2.45) is 0 Å². The fraction of sp³-hybridized carbons (Fsp3) is 0. The predicted octanol–water partition coefficient (Wildman–Crippen LogP) is 3.84. The first kappa shape index (κ1) is 11.2. The molecule has 90 valence electrons. The molecule has 3 nitrogen and oxygen atoms in total. The van der Waals surface area contributed by atoms with Crippen LogP contribution in [0.4, 0.5) is 4.39 Å². The molecule has 0 bridgehead atoms. The van der Waals surface area contributed by atoms with Gasteiger partial charge in [-0.15, -0.1) is 0 Å². The zero-order valence-corrected chi connectivity index (χ0v) is 10.7. The summed E-state index contributed by atoms with van der Waals surface area (Å²) in [6.07, 6.45) is 0. The molecule has 18 heavy (non-hydrogen) atoms. The number of halogens is 2. The molecule has 1 heterocycles. The summed E-state index contributed by atoms with van der Waals surface area (Å²) in [5.74, 6) is 0.502. The van der Waals surface area contributed by atoms with Crippen LogP contribution >= 0.6 is 15.9 Å². The van der Waals surface area contributed by atoms with E-state index in [2.05, 4.69) is 25.9 Å². The molecule has 0 saturated heterocycles. The maximum Gasteiger partial charge on any atom is 0.138 e. The SMILES string of the molecule is Oc1ccc(-c2nc3ccc(F)cc3[nH]2)cc1Br. The van der Waals surface area contributed by atoms with E-state index < -0.39 is 0 Å². The lowest BCUT2D eigenvalue weighted by molar-refractivity contribution is 0.472. The molecule has 3 rings (SSSR count). The number of nitrogens with zero attached hydrogens (tertiary/aromatic N) is 1. The number of phenols is 1. The van der Waals surface area contributed by atoms with E-state index in [0.29, 0.717) is 21.3 Å². The van der Waals surface area contributed by atoms with Gasteiger partial charge in [-0.25, -0.2) is 9.37 Å². The van der Waals surface area contributed by atoms with E-state index in [4.69, 9.17) is 0 Å². The number of fused-ring (bicyclic) bond motifs is 1. The number of aromatic hydroxyl groups is 1. The second-order valence-electron chi connectivity index (χ2n) is 3.91. The van der Waals surface area contributed by atoms with Crippen molar-refractivity contribution in [1.29, 1.82) is 0 Å². The van der Waals surface area contributed by atoms with Gasteiger partial charge in [-0.2, -0.15) is 0 Å². The predicted molar refractivity (Wildman–Crippen MR) is 70.9 cm³/mol. The Balaban J connectivity index is 2.16. The zero-order valence-electron chi connectivity index (χ0n) is 9.11. The van der Waals surface area contributed by atoms with Crippen LogP contribution < -0.4 is 0 Å². The Bertz CT molecular complexity index is 739. The lowest BCUT2D eigenvalue weighted by Gasteiger charge is -1.99. The average molecular weight is 307 g/mol. The van der Waals surface area contributed by atoms with Gasteiger partial charge in [0, 0.05) is 5.56 Å². The highest BCUT2D eigenvalue weighted by atomic mass is 79.9. The standard InChI is InChI=1S/C13H8BrFN2O/c14-9-5-7(1-4-12(9)18)13-16-10-3-2-8(15)6-11(10)17-13/h1-6,18H,(H,16,17). The van der Waals surface area contributed by atoms with Crippen molar-refractivity contribution in [2.75, 3.05) is 0 Å². The van der Waals surface area contributed by atoms with Crippen molar-refractivity contribution < 1.29 is 9.50 Å². The number of nitrogens with one attached hydrogen (secondary N) is 1. The number of H-pyrrole nitrogens is 1. The van der Waals surface area contributed by atoms with Crippen LogP contribution in [0.5, 0.6) is 5.75 Å². The fourth-order valence-electron chi connectivity index (χ4n) is 1.77. The van der Waals surface area contributed by atoms with Gasteiger partial charge in [0.05, 0.1) is 15.5 Å². The highest BCUT2D eigenvalue weighted by Crippen LogP contribution is 2.29. The molecule has 0 saturated carbocycles. The molecular weight excluding hydrogens is 299 g/mol. The number of benzene rings is 2. The Morgan fingerprint density at radius 2 is 2.00 bits per heavy atom. The van der Waals surface area contributed by atoms with E-state index in [1.54, 1.807) is 24.3 Å². The number of rotatable bonds is 1. The first-order chi connectivity index (χ1) is 8.63. The Hall–Kier alpha value is -1.88. The van der Waals surface area contributed by atoms with Gasteiger partial charge in [0.25, 0.3) is 0 Å². The summed E-state index contributed by atoms with van der Waals surface area (Å²) in [6, 6.07) is 9.48. The summed E-state index contributed by atoms with van der Waals surface area (Å²) < 4.78 is 13.7. The topological polar surface area (TPSA) is 48.9 Å². The first-order valence-electron chi connectivity index (χ1n) is 5.27. The maximum atomic E-state index is 13.1. The van der Waals surface area contributed by atoms with E-state index in [1.165, 1.54) is 12.1 Å². The quantitative estimate of drug-likeness (QED) is 0.717. The molecule has 0 radical (unpaired) electrons. The van der Waals surface area contributed by atoms with Gasteiger partial charge >= 0.3 is 0 Å².